The Bertz CT molecular complexity index is 284. The molecular weight excluding hydrogens is 184 g/mol. The fraction of sp³-hybridized carbons (Fsp3) is 0.400. The fourth-order valence-corrected chi connectivity index (χ4v) is 1.78. The van der Waals surface area contributed by atoms with Gasteiger partial charge in [0.1, 0.15) is 11.9 Å². The predicted octanol–water partition coefficient (Wildman–Crippen LogP) is 1.67. The van der Waals surface area contributed by atoms with Gasteiger partial charge in [-0.1, -0.05) is 18.2 Å². The minimum Gasteiger partial charge on any atom is -0.488 e. The maximum Gasteiger partial charge on any atom is 0.125 e. The van der Waals surface area contributed by atoms with E-state index < -0.39 is 0 Å². The first-order valence-corrected chi connectivity index (χ1v) is 5.49. The highest BCUT2D eigenvalue weighted by Gasteiger charge is 2.20. The largest absolute Gasteiger partial charge is 0.488 e. The lowest BCUT2D eigenvalue weighted by Crippen LogP contribution is -2.31. The van der Waals surface area contributed by atoms with E-state index in [1.54, 1.807) is 0 Å². The van der Waals surface area contributed by atoms with Gasteiger partial charge in [0.15, 0.2) is 0 Å². The molecule has 0 atom stereocenters. The standard InChI is InChI=1S/C10H12O2S/c11-5-8-3-1-2-4-10(8)12-9-6-13-7-9/h1-4,9,11H,5-7H2. The highest BCUT2D eigenvalue weighted by molar-refractivity contribution is 8.00. The molecular formula is C10H12O2S. The van der Waals surface area contributed by atoms with Crippen LogP contribution in [0.2, 0.25) is 0 Å². The second-order valence-electron chi connectivity index (χ2n) is 3.04. The third-order valence-electron chi connectivity index (χ3n) is 2.04. The molecule has 1 aliphatic rings. The van der Waals surface area contributed by atoms with Gasteiger partial charge in [-0.3, -0.25) is 0 Å². The van der Waals surface area contributed by atoms with Gasteiger partial charge in [-0.05, 0) is 6.07 Å². The molecule has 0 amide bonds. The van der Waals surface area contributed by atoms with Crippen LogP contribution in [-0.2, 0) is 6.61 Å². The van der Waals surface area contributed by atoms with Crippen LogP contribution in [0.3, 0.4) is 0 Å². The smallest absolute Gasteiger partial charge is 0.125 e. The lowest BCUT2D eigenvalue weighted by atomic mass is 10.2. The molecule has 2 rings (SSSR count). The van der Waals surface area contributed by atoms with Gasteiger partial charge in [-0.15, -0.1) is 0 Å². The summed E-state index contributed by atoms with van der Waals surface area (Å²) in [6.07, 6.45) is 0.345. The summed E-state index contributed by atoms with van der Waals surface area (Å²) < 4.78 is 5.69. The fourth-order valence-electron chi connectivity index (χ4n) is 1.21. The second kappa shape index (κ2) is 4.03. The molecule has 1 saturated heterocycles. The van der Waals surface area contributed by atoms with E-state index in [-0.39, 0.29) is 6.61 Å². The molecule has 0 bridgehead atoms. The predicted molar refractivity (Wildman–Crippen MR) is 54.1 cm³/mol. The van der Waals surface area contributed by atoms with Crippen molar-refractivity contribution in [3.8, 4) is 5.75 Å². The number of aliphatic hydroxyl groups excluding tert-OH is 1. The average molecular weight is 196 g/mol. The van der Waals surface area contributed by atoms with E-state index in [4.69, 9.17) is 9.84 Å². The van der Waals surface area contributed by atoms with Crippen LogP contribution in [0.25, 0.3) is 0 Å². The van der Waals surface area contributed by atoms with Gasteiger partial charge in [-0.25, -0.2) is 0 Å². The Labute approximate surface area is 81.9 Å². The third kappa shape index (κ3) is 1.98. The summed E-state index contributed by atoms with van der Waals surface area (Å²) >= 11 is 1.89. The van der Waals surface area contributed by atoms with Gasteiger partial charge < -0.3 is 9.84 Å². The zero-order valence-electron chi connectivity index (χ0n) is 7.27. The monoisotopic (exact) mass is 196 g/mol. The highest BCUT2D eigenvalue weighted by atomic mass is 32.2. The summed E-state index contributed by atoms with van der Waals surface area (Å²) in [6, 6.07) is 7.64. The first kappa shape index (κ1) is 8.91. The quantitative estimate of drug-likeness (QED) is 0.797. The maximum atomic E-state index is 9.04. The molecule has 13 heavy (non-hydrogen) atoms. The Hall–Kier alpha value is -0.670. The van der Waals surface area contributed by atoms with Crippen molar-refractivity contribution < 1.29 is 9.84 Å². The van der Waals surface area contributed by atoms with Crippen molar-refractivity contribution >= 4 is 11.8 Å². The minimum absolute atomic E-state index is 0.0516. The van der Waals surface area contributed by atoms with Crippen molar-refractivity contribution in [3.63, 3.8) is 0 Å². The summed E-state index contributed by atoms with van der Waals surface area (Å²) in [6.45, 7) is 0.0516. The Balaban J connectivity index is 2.08. The van der Waals surface area contributed by atoms with Crippen LogP contribution in [0.5, 0.6) is 5.75 Å². The molecule has 3 heteroatoms. The lowest BCUT2D eigenvalue weighted by molar-refractivity contribution is 0.224. The van der Waals surface area contributed by atoms with Crippen LogP contribution in [0.1, 0.15) is 5.56 Å². The Morgan fingerprint density at radius 2 is 2.15 bits per heavy atom. The highest BCUT2D eigenvalue weighted by Crippen LogP contribution is 2.26. The zero-order chi connectivity index (χ0) is 9.10. The van der Waals surface area contributed by atoms with Gasteiger partial charge >= 0.3 is 0 Å². The Morgan fingerprint density at radius 1 is 1.38 bits per heavy atom. The number of ether oxygens (including phenoxy) is 1. The second-order valence-corrected chi connectivity index (χ2v) is 4.12. The van der Waals surface area contributed by atoms with E-state index in [0.29, 0.717) is 6.10 Å². The van der Waals surface area contributed by atoms with Gasteiger partial charge in [0, 0.05) is 17.1 Å². The molecule has 70 valence electrons. The number of hydrogen-bond donors (Lipinski definition) is 1. The molecule has 1 aliphatic heterocycles. The van der Waals surface area contributed by atoms with E-state index in [1.807, 2.05) is 36.0 Å². The van der Waals surface area contributed by atoms with Crippen molar-refractivity contribution in [2.24, 2.45) is 0 Å². The number of benzene rings is 1. The first-order chi connectivity index (χ1) is 6.40. The molecule has 0 aromatic heterocycles. The van der Waals surface area contributed by atoms with Gasteiger partial charge in [0.2, 0.25) is 0 Å². The van der Waals surface area contributed by atoms with E-state index in [1.165, 1.54) is 0 Å². The minimum atomic E-state index is 0.0516. The molecule has 0 radical (unpaired) electrons. The Kier molecular flexibility index (Phi) is 2.76. The molecule has 1 fully saturated rings. The van der Waals surface area contributed by atoms with Crippen molar-refractivity contribution in [1.82, 2.24) is 0 Å². The molecule has 0 saturated carbocycles. The maximum absolute atomic E-state index is 9.04. The van der Waals surface area contributed by atoms with E-state index >= 15 is 0 Å². The third-order valence-corrected chi connectivity index (χ3v) is 3.26. The van der Waals surface area contributed by atoms with Crippen LogP contribution in [0, 0.1) is 0 Å². The summed E-state index contributed by atoms with van der Waals surface area (Å²) in [5.41, 5.74) is 0.874. The number of hydrogen-bond acceptors (Lipinski definition) is 3. The SMILES string of the molecule is OCc1ccccc1OC1CSC1. The van der Waals surface area contributed by atoms with Gasteiger partial charge in [0.25, 0.3) is 0 Å². The van der Waals surface area contributed by atoms with Crippen LogP contribution in [0.4, 0.5) is 0 Å². The van der Waals surface area contributed by atoms with Gasteiger partial charge in [0.05, 0.1) is 6.61 Å². The molecule has 1 aromatic rings. The molecule has 2 nitrogen and oxygen atoms in total. The topological polar surface area (TPSA) is 29.5 Å². The van der Waals surface area contributed by atoms with E-state index in [9.17, 15) is 0 Å². The molecule has 0 aliphatic carbocycles. The number of para-hydroxylation sites is 1. The molecule has 1 aromatic carbocycles. The van der Waals surface area contributed by atoms with Crippen LogP contribution in [-0.4, -0.2) is 22.7 Å². The Morgan fingerprint density at radius 3 is 2.77 bits per heavy atom. The van der Waals surface area contributed by atoms with Crippen LogP contribution >= 0.6 is 11.8 Å². The number of rotatable bonds is 3. The summed E-state index contributed by atoms with van der Waals surface area (Å²) in [5.74, 6) is 2.97. The van der Waals surface area contributed by atoms with Crippen LogP contribution in [0.15, 0.2) is 24.3 Å². The summed E-state index contributed by atoms with van der Waals surface area (Å²) in [5, 5.41) is 9.04. The normalized spacial score (nSPS) is 16.7. The zero-order valence-corrected chi connectivity index (χ0v) is 8.09. The van der Waals surface area contributed by atoms with Gasteiger partial charge in [-0.2, -0.15) is 11.8 Å². The van der Waals surface area contributed by atoms with E-state index in [2.05, 4.69) is 0 Å². The van der Waals surface area contributed by atoms with Crippen molar-refractivity contribution in [3.05, 3.63) is 29.8 Å². The average Bonchev–Trinajstić information content (AvgIpc) is 2.12. The number of thioether (sulfide) groups is 1. The van der Waals surface area contributed by atoms with E-state index in [0.717, 1.165) is 22.8 Å². The van der Waals surface area contributed by atoms with Crippen molar-refractivity contribution in [2.75, 3.05) is 11.5 Å². The molecule has 0 unspecified atom stereocenters. The lowest BCUT2D eigenvalue weighted by Gasteiger charge is -2.26. The molecule has 1 heterocycles. The van der Waals surface area contributed by atoms with Crippen LogP contribution < -0.4 is 4.74 Å². The molecule has 0 spiro atoms. The first-order valence-electron chi connectivity index (χ1n) is 4.33. The van der Waals surface area contributed by atoms with Crippen molar-refractivity contribution in [2.45, 2.75) is 12.7 Å². The summed E-state index contributed by atoms with van der Waals surface area (Å²) in [7, 11) is 0. The molecule has 1 N–H and O–H groups in total. The van der Waals surface area contributed by atoms with Crippen molar-refractivity contribution in [1.29, 1.82) is 0 Å². The number of aliphatic hydroxyl groups is 1. The summed E-state index contributed by atoms with van der Waals surface area (Å²) in [4.78, 5) is 0.